The zero-order valence-electron chi connectivity index (χ0n) is 15.8. The molecule has 28 heavy (non-hydrogen) atoms. The number of halogens is 1. The fourth-order valence-corrected chi connectivity index (χ4v) is 3.18. The molecule has 0 spiro atoms. The number of nitrogens with zero attached hydrogens (tertiary/aromatic N) is 2. The summed E-state index contributed by atoms with van der Waals surface area (Å²) in [6.45, 7) is 3.96. The third-order valence-electron chi connectivity index (χ3n) is 4.09. The number of nitrogens with one attached hydrogen (secondary N) is 1. The van der Waals surface area contributed by atoms with Gasteiger partial charge in [0, 0.05) is 12.1 Å². The van der Waals surface area contributed by atoms with E-state index in [2.05, 4.69) is 21.2 Å². The van der Waals surface area contributed by atoms with E-state index >= 15 is 0 Å². The Labute approximate surface area is 174 Å². The first kappa shape index (κ1) is 21.9. The van der Waals surface area contributed by atoms with Crippen molar-refractivity contribution < 1.29 is 27.4 Å². The summed E-state index contributed by atoms with van der Waals surface area (Å²) in [4.78, 5) is 12.2. The van der Waals surface area contributed by atoms with Gasteiger partial charge in [-0.3, -0.25) is 4.79 Å². The molecule has 1 heterocycles. The highest BCUT2D eigenvalue weighted by atomic mass is 35.5. The van der Waals surface area contributed by atoms with Crippen molar-refractivity contribution in [1.29, 1.82) is 0 Å². The molecule has 0 unspecified atom stereocenters. The number of benzene rings is 2. The maximum Gasteiger partial charge on any atom is 0.277 e. The lowest BCUT2D eigenvalue weighted by Gasteiger charge is -2.08. The number of hydrogen-bond acceptors (Lipinski definition) is 5. The van der Waals surface area contributed by atoms with Crippen molar-refractivity contribution in [3.05, 3.63) is 71.1 Å². The summed E-state index contributed by atoms with van der Waals surface area (Å²) < 4.78 is 5.66. The Morgan fingerprint density at radius 1 is 1.18 bits per heavy atom. The second-order valence-electron chi connectivity index (χ2n) is 6.45. The molecular formula is C20H23ClN4O2S. The highest BCUT2D eigenvalue weighted by Gasteiger charge is 2.19. The molecule has 2 aromatic carbocycles. The minimum absolute atomic E-state index is 0. The average molecular weight is 419 g/mol. The van der Waals surface area contributed by atoms with E-state index in [1.807, 2.05) is 62.4 Å². The van der Waals surface area contributed by atoms with Gasteiger partial charge >= 0.3 is 0 Å². The SMILES string of the molecule is Cc1ccc(C)c(NC(=O)CSc2nnc([C@@H]([NH3+])Cc3ccccc3)o2)c1.[Cl-]. The first-order valence-corrected chi connectivity index (χ1v) is 9.70. The van der Waals surface area contributed by atoms with Gasteiger partial charge in [0.1, 0.15) is 0 Å². The summed E-state index contributed by atoms with van der Waals surface area (Å²) in [6, 6.07) is 15.9. The molecule has 8 heteroatoms. The van der Waals surface area contributed by atoms with Gasteiger partial charge in [-0.1, -0.05) is 54.2 Å². The van der Waals surface area contributed by atoms with Crippen LogP contribution in [0.15, 0.2) is 58.2 Å². The van der Waals surface area contributed by atoms with Crippen LogP contribution in [0.25, 0.3) is 0 Å². The van der Waals surface area contributed by atoms with Crippen LogP contribution in [0.2, 0.25) is 0 Å². The molecule has 0 aliphatic heterocycles. The number of aryl methyl sites for hydroxylation is 2. The van der Waals surface area contributed by atoms with Crippen LogP contribution < -0.4 is 23.5 Å². The third kappa shape index (κ3) is 6.09. The lowest BCUT2D eigenvalue weighted by Crippen LogP contribution is -3.00. The Balaban J connectivity index is 0.00000280. The minimum Gasteiger partial charge on any atom is -1.00 e. The van der Waals surface area contributed by atoms with Gasteiger partial charge in [-0.15, -0.1) is 10.2 Å². The van der Waals surface area contributed by atoms with Crippen LogP contribution in [0.4, 0.5) is 5.69 Å². The summed E-state index contributed by atoms with van der Waals surface area (Å²) >= 11 is 1.22. The predicted octanol–water partition coefficient (Wildman–Crippen LogP) is -0.0531. The zero-order chi connectivity index (χ0) is 19.2. The second-order valence-corrected chi connectivity index (χ2v) is 7.37. The van der Waals surface area contributed by atoms with Gasteiger partial charge in [0.05, 0.1) is 5.75 Å². The largest absolute Gasteiger partial charge is 1.00 e. The Kier molecular flexibility index (Phi) is 8.04. The van der Waals surface area contributed by atoms with Gasteiger partial charge in [0.2, 0.25) is 5.91 Å². The molecule has 0 saturated heterocycles. The van der Waals surface area contributed by atoms with E-state index in [4.69, 9.17) is 4.42 Å². The van der Waals surface area contributed by atoms with E-state index in [0.717, 1.165) is 28.8 Å². The summed E-state index contributed by atoms with van der Waals surface area (Å²) in [5, 5.41) is 11.4. The molecule has 0 aliphatic carbocycles. The Morgan fingerprint density at radius 3 is 2.68 bits per heavy atom. The molecule has 3 rings (SSSR count). The molecule has 1 aromatic heterocycles. The average Bonchev–Trinajstić information content (AvgIpc) is 3.13. The van der Waals surface area contributed by atoms with Crippen LogP contribution in [0.1, 0.15) is 28.6 Å². The number of hydrogen-bond donors (Lipinski definition) is 2. The number of anilines is 1. The first-order chi connectivity index (χ1) is 13.0. The fraction of sp³-hybridized carbons (Fsp3) is 0.250. The Hall–Kier alpha value is -2.35. The molecule has 0 aliphatic rings. The number of carbonyl (C=O) groups excluding carboxylic acids is 1. The van der Waals surface area contributed by atoms with E-state index < -0.39 is 0 Å². The summed E-state index contributed by atoms with van der Waals surface area (Å²) in [5.74, 6) is 0.579. The normalized spacial score (nSPS) is 11.5. The molecule has 0 radical (unpaired) electrons. The van der Waals surface area contributed by atoms with Gasteiger partial charge in [-0.05, 0) is 36.6 Å². The van der Waals surface area contributed by atoms with Crippen LogP contribution >= 0.6 is 11.8 Å². The molecule has 6 nitrogen and oxygen atoms in total. The van der Waals surface area contributed by atoms with Crippen molar-refractivity contribution in [1.82, 2.24) is 10.2 Å². The molecule has 0 bridgehead atoms. The molecule has 0 fully saturated rings. The highest BCUT2D eigenvalue weighted by Crippen LogP contribution is 2.21. The number of amides is 1. The summed E-state index contributed by atoms with van der Waals surface area (Å²) in [6.07, 6.45) is 0.722. The van der Waals surface area contributed by atoms with Gasteiger partial charge < -0.3 is 27.9 Å². The molecule has 0 saturated carbocycles. The topological polar surface area (TPSA) is 95.7 Å². The van der Waals surface area contributed by atoms with E-state index in [9.17, 15) is 4.79 Å². The third-order valence-corrected chi connectivity index (χ3v) is 4.91. The molecule has 1 amide bonds. The van der Waals surface area contributed by atoms with Crippen LogP contribution in [-0.4, -0.2) is 21.9 Å². The molecule has 4 N–H and O–H groups in total. The maximum atomic E-state index is 12.2. The van der Waals surface area contributed by atoms with Crippen LogP contribution in [0.5, 0.6) is 0 Å². The maximum absolute atomic E-state index is 12.2. The Morgan fingerprint density at radius 2 is 1.93 bits per heavy atom. The fourth-order valence-electron chi connectivity index (χ4n) is 2.61. The van der Waals surface area contributed by atoms with Crippen molar-refractivity contribution in [2.45, 2.75) is 31.5 Å². The summed E-state index contributed by atoms with van der Waals surface area (Å²) in [7, 11) is 0. The van der Waals surface area contributed by atoms with E-state index in [1.165, 1.54) is 11.8 Å². The molecule has 1 atom stereocenters. The Bertz CT molecular complexity index is 918. The van der Waals surface area contributed by atoms with Gasteiger partial charge in [0.15, 0.2) is 6.04 Å². The van der Waals surface area contributed by atoms with Crippen LogP contribution in [-0.2, 0) is 11.2 Å². The molecule has 3 aromatic rings. The van der Waals surface area contributed by atoms with Gasteiger partial charge in [-0.25, -0.2) is 0 Å². The highest BCUT2D eigenvalue weighted by molar-refractivity contribution is 7.99. The molecular weight excluding hydrogens is 396 g/mol. The first-order valence-electron chi connectivity index (χ1n) is 8.71. The van der Waals surface area contributed by atoms with Crippen molar-refractivity contribution in [3.8, 4) is 0 Å². The predicted molar refractivity (Wildman–Crippen MR) is 105 cm³/mol. The lowest BCUT2D eigenvalue weighted by molar-refractivity contribution is -0.431. The van der Waals surface area contributed by atoms with Crippen molar-refractivity contribution >= 4 is 23.4 Å². The quantitative estimate of drug-likeness (QED) is 0.524. The summed E-state index contributed by atoms with van der Waals surface area (Å²) in [5.41, 5.74) is 8.22. The van der Waals surface area contributed by atoms with Gasteiger partial charge in [0.25, 0.3) is 11.1 Å². The van der Waals surface area contributed by atoms with E-state index in [0.29, 0.717) is 11.1 Å². The number of carbonyl (C=O) groups is 1. The minimum atomic E-state index is -0.127. The smallest absolute Gasteiger partial charge is 0.277 e. The number of rotatable bonds is 7. The second kappa shape index (κ2) is 10.3. The number of quaternary nitrogens is 1. The molecule has 148 valence electrons. The number of thioether (sulfide) groups is 1. The monoisotopic (exact) mass is 418 g/mol. The van der Waals surface area contributed by atoms with Crippen LogP contribution in [0, 0.1) is 13.8 Å². The van der Waals surface area contributed by atoms with Crippen molar-refractivity contribution in [2.75, 3.05) is 11.1 Å². The van der Waals surface area contributed by atoms with Gasteiger partial charge in [-0.2, -0.15) is 0 Å². The lowest BCUT2D eigenvalue weighted by atomic mass is 10.1. The van der Waals surface area contributed by atoms with E-state index in [-0.39, 0.29) is 30.1 Å². The van der Waals surface area contributed by atoms with E-state index in [1.54, 1.807) is 0 Å². The van der Waals surface area contributed by atoms with Crippen molar-refractivity contribution in [3.63, 3.8) is 0 Å². The standard InChI is InChI=1S/C20H22N4O2S.ClH/c1-13-8-9-14(2)17(10-13)22-18(25)12-27-20-24-23-19(26-20)16(21)11-15-6-4-3-5-7-15;/h3-10,16H,11-12,21H2,1-2H3,(H,22,25);1H/t16-;/m0./s1. The zero-order valence-corrected chi connectivity index (χ0v) is 17.4. The van der Waals surface area contributed by atoms with Crippen LogP contribution in [0.3, 0.4) is 0 Å². The number of aromatic nitrogens is 2. The van der Waals surface area contributed by atoms with Crippen molar-refractivity contribution in [2.24, 2.45) is 0 Å².